The maximum atomic E-state index is 10.7. The second kappa shape index (κ2) is 4.59. The molecule has 1 aromatic carbocycles. The molecule has 0 bridgehead atoms. The highest BCUT2D eigenvalue weighted by atomic mass is 35.5. The average molecular weight is 252 g/mol. The molecule has 0 saturated heterocycles. The summed E-state index contributed by atoms with van der Waals surface area (Å²) in [5.74, 6) is -0.242. The number of carboxylic acids is 1. The van der Waals surface area contributed by atoms with Crippen molar-refractivity contribution in [2.45, 2.75) is 6.42 Å². The first-order valence-electron chi connectivity index (χ1n) is 4.95. The van der Waals surface area contributed by atoms with E-state index in [1.54, 1.807) is 25.3 Å². The molecule has 2 rings (SSSR count). The van der Waals surface area contributed by atoms with E-state index < -0.39 is 5.97 Å². The molecule has 0 amide bonds. The zero-order chi connectivity index (χ0) is 12.4. The Morgan fingerprint density at radius 1 is 1.47 bits per heavy atom. The Bertz CT molecular complexity index is 583. The summed E-state index contributed by atoms with van der Waals surface area (Å²) >= 11 is 5.93. The van der Waals surface area contributed by atoms with Crippen molar-refractivity contribution in [3.8, 4) is 5.75 Å². The number of carboxylic acid groups (broad SMARTS) is 1. The van der Waals surface area contributed by atoms with Gasteiger partial charge in [0, 0.05) is 17.0 Å². The maximum absolute atomic E-state index is 10.7. The minimum atomic E-state index is -0.929. The number of pyridine rings is 1. The van der Waals surface area contributed by atoms with Gasteiger partial charge in [-0.3, -0.25) is 4.79 Å². The van der Waals surface area contributed by atoms with Crippen LogP contribution in [-0.4, -0.2) is 23.2 Å². The highest BCUT2D eigenvalue weighted by Gasteiger charge is 2.09. The molecule has 1 heterocycles. The Balaban J connectivity index is 2.54. The molecule has 5 heteroatoms. The summed E-state index contributed by atoms with van der Waals surface area (Å²) in [5, 5.41) is 9.79. The molecule has 0 aliphatic rings. The highest BCUT2D eigenvalue weighted by molar-refractivity contribution is 6.30. The summed E-state index contributed by atoms with van der Waals surface area (Å²) in [5.41, 5.74) is 1.19. The van der Waals surface area contributed by atoms with Crippen LogP contribution < -0.4 is 4.74 Å². The van der Waals surface area contributed by atoms with Crippen LogP contribution in [0.25, 0.3) is 10.9 Å². The Hall–Kier alpha value is -1.81. The predicted octanol–water partition coefficient (Wildman–Crippen LogP) is 2.52. The molecule has 88 valence electrons. The molecule has 0 unspecified atom stereocenters. The van der Waals surface area contributed by atoms with Crippen molar-refractivity contribution in [2.24, 2.45) is 0 Å². The third kappa shape index (κ3) is 2.47. The van der Waals surface area contributed by atoms with E-state index in [-0.39, 0.29) is 11.6 Å². The van der Waals surface area contributed by atoms with E-state index in [0.29, 0.717) is 16.8 Å². The van der Waals surface area contributed by atoms with Crippen LogP contribution in [0.5, 0.6) is 5.75 Å². The van der Waals surface area contributed by atoms with Crippen molar-refractivity contribution in [3.63, 3.8) is 0 Å². The molecule has 0 spiro atoms. The van der Waals surface area contributed by atoms with Crippen LogP contribution in [0.4, 0.5) is 0 Å². The van der Waals surface area contributed by atoms with E-state index in [1.165, 1.54) is 0 Å². The van der Waals surface area contributed by atoms with Gasteiger partial charge < -0.3 is 9.84 Å². The van der Waals surface area contributed by atoms with Gasteiger partial charge in [0.25, 0.3) is 0 Å². The summed E-state index contributed by atoms with van der Waals surface area (Å²) in [6.45, 7) is 0. The summed E-state index contributed by atoms with van der Waals surface area (Å²) in [6, 6.07) is 7.11. The lowest BCUT2D eigenvalue weighted by Crippen LogP contribution is -2.01. The van der Waals surface area contributed by atoms with E-state index in [0.717, 1.165) is 5.39 Å². The molecule has 0 fully saturated rings. The lowest BCUT2D eigenvalue weighted by Gasteiger charge is -2.05. The number of methoxy groups -OCH3 is 1. The second-order valence-corrected chi connectivity index (χ2v) is 3.93. The molecule has 0 atom stereocenters. The Morgan fingerprint density at radius 3 is 2.88 bits per heavy atom. The van der Waals surface area contributed by atoms with Crippen molar-refractivity contribution in [2.75, 3.05) is 7.11 Å². The smallest absolute Gasteiger partial charge is 0.307 e. The fourth-order valence-electron chi connectivity index (χ4n) is 1.58. The average Bonchev–Trinajstić information content (AvgIpc) is 2.29. The normalized spacial score (nSPS) is 10.5. The SMILES string of the molecule is COc1ccc2cc(CC(=O)O)c(Cl)nc2c1. The van der Waals surface area contributed by atoms with Gasteiger partial charge >= 0.3 is 5.97 Å². The third-order valence-corrected chi connectivity index (χ3v) is 2.72. The van der Waals surface area contributed by atoms with Crippen LogP contribution in [0.15, 0.2) is 24.3 Å². The molecule has 1 N–H and O–H groups in total. The molecular weight excluding hydrogens is 242 g/mol. The number of fused-ring (bicyclic) bond motifs is 1. The number of ether oxygens (including phenoxy) is 1. The topological polar surface area (TPSA) is 59.4 Å². The number of aliphatic carboxylic acids is 1. The summed E-state index contributed by atoms with van der Waals surface area (Å²) in [7, 11) is 1.57. The van der Waals surface area contributed by atoms with E-state index in [1.807, 2.05) is 6.07 Å². The van der Waals surface area contributed by atoms with Gasteiger partial charge in [-0.25, -0.2) is 4.98 Å². The van der Waals surface area contributed by atoms with Crippen molar-refractivity contribution < 1.29 is 14.6 Å². The molecule has 0 aliphatic heterocycles. The number of hydrogen-bond acceptors (Lipinski definition) is 3. The molecule has 0 saturated carbocycles. The van der Waals surface area contributed by atoms with Gasteiger partial charge in [-0.1, -0.05) is 11.6 Å². The maximum Gasteiger partial charge on any atom is 0.307 e. The Morgan fingerprint density at radius 2 is 2.24 bits per heavy atom. The van der Waals surface area contributed by atoms with Gasteiger partial charge in [0.15, 0.2) is 0 Å². The summed E-state index contributed by atoms with van der Waals surface area (Å²) in [4.78, 5) is 14.8. The summed E-state index contributed by atoms with van der Waals surface area (Å²) in [6.07, 6.45) is -0.131. The van der Waals surface area contributed by atoms with Gasteiger partial charge in [-0.2, -0.15) is 0 Å². The van der Waals surface area contributed by atoms with Crippen LogP contribution in [0.3, 0.4) is 0 Å². The van der Waals surface area contributed by atoms with Crippen LogP contribution in [0, 0.1) is 0 Å². The molecule has 2 aromatic rings. The first kappa shape index (κ1) is 11.7. The fourth-order valence-corrected chi connectivity index (χ4v) is 1.79. The van der Waals surface area contributed by atoms with Crippen LogP contribution >= 0.6 is 11.6 Å². The number of benzene rings is 1. The standard InChI is InChI=1S/C12H10ClNO3/c1-17-9-3-2-7-4-8(5-11(15)16)12(13)14-10(7)6-9/h2-4,6H,5H2,1H3,(H,15,16). The van der Waals surface area contributed by atoms with Crippen molar-refractivity contribution in [1.82, 2.24) is 4.98 Å². The summed E-state index contributed by atoms with van der Waals surface area (Å²) < 4.78 is 5.08. The van der Waals surface area contributed by atoms with Crippen molar-refractivity contribution >= 4 is 28.5 Å². The van der Waals surface area contributed by atoms with Gasteiger partial charge in [-0.05, 0) is 18.2 Å². The third-order valence-electron chi connectivity index (χ3n) is 2.39. The number of nitrogens with zero attached hydrogens (tertiary/aromatic N) is 1. The van der Waals surface area contributed by atoms with Gasteiger partial charge in [0.1, 0.15) is 10.9 Å². The number of rotatable bonds is 3. The fraction of sp³-hybridized carbons (Fsp3) is 0.167. The predicted molar refractivity (Wildman–Crippen MR) is 64.6 cm³/mol. The number of hydrogen-bond donors (Lipinski definition) is 1. The molecule has 1 aromatic heterocycles. The van der Waals surface area contributed by atoms with Gasteiger partial charge in [0.05, 0.1) is 19.0 Å². The molecule has 17 heavy (non-hydrogen) atoms. The minimum absolute atomic E-state index is 0.131. The first-order valence-corrected chi connectivity index (χ1v) is 5.33. The Labute approximate surface area is 103 Å². The van der Waals surface area contributed by atoms with Gasteiger partial charge in [0.2, 0.25) is 0 Å². The largest absolute Gasteiger partial charge is 0.497 e. The van der Waals surface area contributed by atoms with Gasteiger partial charge in [-0.15, -0.1) is 0 Å². The Kier molecular flexibility index (Phi) is 3.15. The number of carbonyl (C=O) groups is 1. The molecular formula is C12H10ClNO3. The van der Waals surface area contributed by atoms with E-state index in [9.17, 15) is 4.79 Å². The van der Waals surface area contributed by atoms with E-state index >= 15 is 0 Å². The van der Waals surface area contributed by atoms with Crippen LogP contribution in [-0.2, 0) is 11.2 Å². The van der Waals surface area contributed by atoms with Crippen LogP contribution in [0.2, 0.25) is 5.15 Å². The molecule has 0 aliphatic carbocycles. The molecule has 4 nitrogen and oxygen atoms in total. The number of halogens is 1. The van der Waals surface area contributed by atoms with E-state index in [2.05, 4.69) is 4.98 Å². The zero-order valence-corrected chi connectivity index (χ0v) is 9.86. The van der Waals surface area contributed by atoms with Crippen molar-refractivity contribution in [3.05, 3.63) is 35.0 Å². The van der Waals surface area contributed by atoms with Crippen LogP contribution in [0.1, 0.15) is 5.56 Å². The lowest BCUT2D eigenvalue weighted by atomic mass is 10.1. The minimum Gasteiger partial charge on any atom is -0.497 e. The van der Waals surface area contributed by atoms with E-state index in [4.69, 9.17) is 21.4 Å². The van der Waals surface area contributed by atoms with Crippen molar-refractivity contribution in [1.29, 1.82) is 0 Å². The zero-order valence-electron chi connectivity index (χ0n) is 9.11. The highest BCUT2D eigenvalue weighted by Crippen LogP contribution is 2.24. The quantitative estimate of drug-likeness (QED) is 0.852. The first-order chi connectivity index (χ1) is 8.10. The lowest BCUT2D eigenvalue weighted by molar-refractivity contribution is -0.136. The monoisotopic (exact) mass is 251 g/mol. The molecule has 0 radical (unpaired) electrons. The number of aromatic nitrogens is 1. The second-order valence-electron chi connectivity index (χ2n) is 3.57.